The first-order chi connectivity index (χ1) is 31.5. The molecule has 364 valence electrons. The first-order valence-corrected chi connectivity index (χ1v) is 26.2. The highest BCUT2D eigenvalue weighted by Gasteiger charge is 2.19. The van der Waals surface area contributed by atoms with Crippen molar-refractivity contribution in [2.24, 2.45) is 0 Å². The molecule has 0 aromatic carbocycles. The van der Waals surface area contributed by atoms with Gasteiger partial charge in [0.25, 0.3) is 0 Å². The Morgan fingerprint density at radius 2 is 0.672 bits per heavy atom. The van der Waals surface area contributed by atoms with Crippen molar-refractivity contribution >= 4 is 17.9 Å². The Hall–Kier alpha value is -3.67. The fraction of sp³-hybridized carbons (Fsp3) is 0.672. The molecule has 0 N–H and O–H groups in total. The minimum atomic E-state index is -0.839. The maximum atomic E-state index is 12.7. The van der Waals surface area contributed by atoms with E-state index in [9.17, 15) is 14.4 Å². The quantitative estimate of drug-likeness (QED) is 0.0262. The SMILES string of the molecule is CC/C=C\C/C=C\C/C=C\C/C=C\C/C=C\CC(=O)OC(COC(=O)CCCCCCC/C=C\C/C=C\CCCC)COC(=O)CCCCCCCCC/C=C\CCCCCCCC. The zero-order valence-electron chi connectivity index (χ0n) is 41.5. The number of allylic oxidation sites excluding steroid dienone is 15. The van der Waals surface area contributed by atoms with E-state index in [1.54, 1.807) is 6.08 Å². The number of unbranched alkanes of at least 4 members (excludes halogenated alkanes) is 20. The molecule has 64 heavy (non-hydrogen) atoms. The van der Waals surface area contributed by atoms with E-state index in [1.165, 1.54) is 96.3 Å². The summed E-state index contributed by atoms with van der Waals surface area (Å²) in [5.74, 6) is -1.08. The molecule has 6 nitrogen and oxygen atoms in total. The standard InChI is InChI=1S/C58H96O6/c1-4-7-10-13-16-19-22-25-28-29-31-33-36-39-42-45-48-51-57(60)63-54-55(53-62-56(59)50-47-44-41-38-35-32-27-24-21-18-15-12-9-6-3)64-58(61)52-49-46-43-40-37-34-30-26-23-20-17-14-11-8-5-2/h8,11,15,17-18,20,24-28,30,37,40,46,49,55H,4-7,9-10,12-14,16,19,21-23,29,31-36,38-39,41-45,47-48,50-54H2,1-3H3/b11-8-,18-15-,20-17-,27-24-,28-25-,30-26-,40-37-,49-46-. The number of carbonyl (C=O) groups excluding carboxylic acids is 3. The number of hydrogen-bond donors (Lipinski definition) is 0. The Morgan fingerprint density at radius 1 is 0.344 bits per heavy atom. The smallest absolute Gasteiger partial charge is 0.310 e. The van der Waals surface area contributed by atoms with Crippen LogP contribution in [0.5, 0.6) is 0 Å². The molecule has 0 amide bonds. The van der Waals surface area contributed by atoms with Crippen LogP contribution in [0, 0.1) is 0 Å². The van der Waals surface area contributed by atoms with Crippen molar-refractivity contribution in [1.29, 1.82) is 0 Å². The van der Waals surface area contributed by atoms with Crippen molar-refractivity contribution in [2.45, 2.75) is 239 Å². The van der Waals surface area contributed by atoms with Crippen LogP contribution in [0.15, 0.2) is 97.2 Å². The van der Waals surface area contributed by atoms with Crippen molar-refractivity contribution < 1.29 is 28.6 Å². The van der Waals surface area contributed by atoms with Crippen LogP contribution < -0.4 is 0 Å². The van der Waals surface area contributed by atoms with E-state index in [0.29, 0.717) is 19.3 Å². The Morgan fingerprint density at radius 3 is 1.09 bits per heavy atom. The molecule has 0 aromatic heterocycles. The van der Waals surface area contributed by atoms with E-state index in [0.717, 1.165) is 89.9 Å². The molecule has 0 radical (unpaired) electrons. The summed E-state index contributed by atoms with van der Waals surface area (Å²) in [6.07, 6.45) is 68.4. The van der Waals surface area contributed by atoms with E-state index < -0.39 is 12.1 Å². The van der Waals surface area contributed by atoms with Crippen molar-refractivity contribution in [1.82, 2.24) is 0 Å². The van der Waals surface area contributed by atoms with Gasteiger partial charge in [-0.05, 0) is 96.3 Å². The van der Waals surface area contributed by atoms with Crippen LogP contribution in [0.4, 0.5) is 0 Å². The molecular weight excluding hydrogens is 793 g/mol. The summed E-state index contributed by atoms with van der Waals surface area (Å²) < 4.78 is 16.7. The number of carbonyl (C=O) groups is 3. The Balaban J connectivity index is 4.52. The Bertz CT molecular complexity index is 1300. The van der Waals surface area contributed by atoms with E-state index in [-0.39, 0.29) is 31.6 Å². The molecule has 0 aliphatic heterocycles. The molecule has 0 bridgehead atoms. The highest BCUT2D eigenvalue weighted by Crippen LogP contribution is 2.13. The topological polar surface area (TPSA) is 78.9 Å². The zero-order valence-corrected chi connectivity index (χ0v) is 41.5. The third-order valence-corrected chi connectivity index (χ3v) is 10.8. The maximum Gasteiger partial charge on any atom is 0.310 e. The summed E-state index contributed by atoms with van der Waals surface area (Å²) >= 11 is 0. The van der Waals surface area contributed by atoms with Gasteiger partial charge in [0, 0.05) is 12.8 Å². The van der Waals surface area contributed by atoms with E-state index >= 15 is 0 Å². The first kappa shape index (κ1) is 60.3. The van der Waals surface area contributed by atoms with Crippen LogP contribution in [-0.2, 0) is 28.6 Å². The Labute approximate surface area is 394 Å². The average molecular weight is 889 g/mol. The minimum absolute atomic E-state index is 0.0910. The molecule has 0 aliphatic rings. The molecule has 0 aromatic rings. The second-order valence-corrected chi connectivity index (χ2v) is 17.1. The van der Waals surface area contributed by atoms with Crippen LogP contribution in [0.3, 0.4) is 0 Å². The summed E-state index contributed by atoms with van der Waals surface area (Å²) in [5, 5.41) is 0. The van der Waals surface area contributed by atoms with Gasteiger partial charge < -0.3 is 14.2 Å². The predicted molar refractivity (Wildman–Crippen MR) is 274 cm³/mol. The van der Waals surface area contributed by atoms with Gasteiger partial charge in [-0.3, -0.25) is 14.4 Å². The van der Waals surface area contributed by atoms with Crippen molar-refractivity contribution in [2.75, 3.05) is 13.2 Å². The van der Waals surface area contributed by atoms with Gasteiger partial charge in [-0.25, -0.2) is 0 Å². The fourth-order valence-electron chi connectivity index (χ4n) is 6.88. The van der Waals surface area contributed by atoms with Gasteiger partial charge in [-0.1, -0.05) is 214 Å². The molecule has 0 aliphatic carbocycles. The molecule has 6 heteroatoms. The lowest BCUT2D eigenvalue weighted by atomic mass is 10.1. The van der Waals surface area contributed by atoms with Crippen LogP contribution >= 0.6 is 0 Å². The van der Waals surface area contributed by atoms with Crippen LogP contribution in [0.1, 0.15) is 233 Å². The van der Waals surface area contributed by atoms with Crippen LogP contribution in [0.25, 0.3) is 0 Å². The molecule has 0 saturated carbocycles. The Kier molecular flexibility index (Phi) is 49.0. The van der Waals surface area contributed by atoms with Gasteiger partial charge in [0.1, 0.15) is 13.2 Å². The molecule has 1 atom stereocenters. The first-order valence-electron chi connectivity index (χ1n) is 26.2. The number of esters is 3. The van der Waals surface area contributed by atoms with Gasteiger partial charge in [0.2, 0.25) is 0 Å². The predicted octanol–water partition coefficient (Wildman–Crippen LogP) is 17.4. The number of rotatable bonds is 46. The van der Waals surface area contributed by atoms with Crippen LogP contribution in [-0.4, -0.2) is 37.2 Å². The average Bonchev–Trinajstić information content (AvgIpc) is 3.29. The molecule has 0 heterocycles. The lowest BCUT2D eigenvalue weighted by Crippen LogP contribution is -2.30. The second kappa shape index (κ2) is 52.0. The monoisotopic (exact) mass is 889 g/mol. The largest absolute Gasteiger partial charge is 0.462 e. The van der Waals surface area contributed by atoms with Gasteiger partial charge in [0.15, 0.2) is 6.10 Å². The highest BCUT2D eigenvalue weighted by molar-refractivity contribution is 5.72. The van der Waals surface area contributed by atoms with Gasteiger partial charge in [-0.2, -0.15) is 0 Å². The molecule has 1 unspecified atom stereocenters. The third kappa shape index (κ3) is 49.3. The van der Waals surface area contributed by atoms with Gasteiger partial charge >= 0.3 is 17.9 Å². The molecule has 0 rings (SSSR count). The molecule has 0 saturated heterocycles. The van der Waals surface area contributed by atoms with E-state index in [1.807, 2.05) is 6.08 Å². The highest BCUT2D eigenvalue weighted by atomic mass is 16.6. The summed E-state index contributed by atoms with van der Waals surface area (Å²) in [6.45, 7) is 6.37. The maximum absolute atomic E-state index is 12.7. The molecule has 0 fully saturated rings. The van der Waals surface area contributed by atoms with Crippen molar-refractivity contribution in [3.63, 3.8) is 0 Å². The van der Waals surface area contributed by atoms with Crippen molar-refractivity contribution in [3.05, 3.63) is 97.2 Å². The lowest BCUT2D eigenvalue weighted by Gasteiger charge is -2.18. The molecular formula is C58H96O6. The van der Waals surface area contributed by atoms with E-state index in [2.05, 4.69) is 106 Å². The van der Waals surface area contributed by atoms with E-state index in [4.69, 9.17) is 14.2 Å². The van der Waals surface area contributed by atoms with Gasteiger partial charge in [-0.15, -0.1) is 0 Å². The summed E-state index contributed by atoms with van der Waals surface area (Å²) in [4.78, 5) is 37.9. The number of ether oxygens (including phenoxy) is 3. The van der Waals surface area contributed by atoms with Crippen LogP contribution in [0.2, 0.25) is 0 Å². The second-order valence-electron chi connectivity index (χ2n) is 17.1. The summed E-state index contributed by atoms with van der Waals surface area (Å²) in [7, 11) is 0. The van der Waals surface area contributed by atoms with Crippen molar-refractivity contribution in [3.8, 4) is 0 Å². The minimum Gasteiger partial charge on any atom is -0.462 e. The van der Waals surface area contributed by atoms with Gasteiger partial charge in [0.05, 0.1) is 6.42 Å². The lowest BCUT2D eigenvalue weighted by molar-refractivity contribution is -0.166. The fourth-order valence-corrected chi connectivity index (χ4v) is 6.88. The third-order valence-electron chi connectivity index (χ3n) is 10.8. The number of hydrogen-bond acceptors (Lipinski definition) is 6. The summed E-state index contributed by atoms with van der Waals surface area (Å²) in [5.41, 5.74) is 0. The normalized spacial score (nSPS) is 12.9. The zero-order chi connectivity index (χ0) is 46.5. The summed E-state index contributed by atoms with van der Waals surface area (Å²) in [6, 6.07) is 0. The molecule has 0 spiro atoms.